The number of imidazole rings is 2. The molecule has 4 N–H and O–H groups in total. The molecule has 0 saturated carbocycles. The number of carbonyl (C=O) groups is 2. The highest BCUT2D eigenvalue weighted by molar-refractivity contribution is 5.83. The first-order chi connectivity index (χ1) is 23.2. The lowest BCUT2D eigenvalue weighted by Gasteiger charge is -2.29. The van der Waals surface area contributed by atoms with Gasteiger partial charge in [-0.3, -0.25) is 9.59 Å². The highest BCUT2D eigenvalue weighted by Gasteiger charge is 2.37. The first kappa shape index (κ1) is 33.6. The van der Waals surface area contributed by atoms with Gasteiger partial charge in [0.15, 0.2) is 0 Å². The van der Waals surface area contributed by atoms with Gasteiger partial charge in [-0.1, -0.05) is 76.2 Å². The molecule has 48 heavy (non-hydrogen) atoms. The van der Waals surface area contributed by atoms with E-state index in [0.29, 0.717) is 0 Å². The van der Waals surface area contributed by atoms with E-state index >= 15 is 0 Å². The van der Waals surface area contributed by atoms with Crippen LogP contribution in [0, 0.1) is 11.8 Å². The Hall–Kier alpha value is -4.28. The zero-order valence-electron chi connectivity index (χ0n) is 29.1. The Balaban J connectivity index is 1.12. The van der Waals surface area contributed by atoms with Gasteiger partial charge in [0.25, 0.3) is 0 Å². The predicted molar refractivity (Wildman–Crippen MR) is 190 cm³/mol. The molecular weight excluding hydrogens is 600 g/mol. The monoisotopic (exact) mass is 650 g/mol. The number of carbonyl (C=O) groups excluding carboxylic acids is 2. The van der Waals surface area contributed by atoms with Crippen molar-refractivity contribution in [3.8, 4) is 33.6 Å². The van der Waals surface area contributed by atoms with Crippen LogP contribution in [0.1, 0.15) is 77.1 Å². The van der Waals surface area contributed by atoms with Crippen molar-refractivity contribution in [2.24, 2.45) is 11.8 Å². The third-order valence-corrected chi connectivity index (χ3v) is 10.1. The Labute approximate surface area is 284 Å². The number of aromatic amines is 2. The number of hydrogen-bond donors (Lipinski definition) is 4. The molecular formula is C38H50N8O2. The second kappa shape index (κ2) is 14.5. The van der Waals surface area contributed by atoms with Gasteiger partial charge in [0.2, 0.25) is 11.8 Å². The van der Waals surface area contributed by atoms with Gasteiger partial charge in [0.05, 0.1) is 47.9 Å². The Kier molecular flexibility index (Phi) is 10.1. The molecule has 2 fully saturated rings. The third kappa shape index (κ3) is 6.69. The van der Waals surface area contributed by atoms with Crippen LogP contribution in [0.15, 0.2) is 60.9 Å². The van der Waals surface area contributed by atoms with Crippen LogP contribution in [0.3, 0.4) is 0 Å². The summed E-state index contributed by atoms with van der Waals surface area (Å²) in [5.74, 6) is 2.43. The van der Waals surface area contributed by atoms with Crippen molar-refractivity contribution >= 4 is 11.8 Å². The normalized spacial score (nSPS) is 19.4. The molecule has 2 unspecified atom stereocenters. The number of likely N-dealkylation sites (N-methyl/N-ethyl adjacent to an activating group) is 2. The second-order valence-corrected chi connectivity index (χ2v) is 13.9. The average molecular weight is 651 g/mol. The fourth-order valence-corrected chi connectivity index (χ4v) is 7.46. The van der Waals surface area contributed by atoms with Crippen molar-refractivity contribution in [2.75, 3.05) is 27.2 Å². The van der Waals surface area contributed by atoms with Crippen molar-refractivity contribution in [2.45, 2.75) is 77.5 Å². The summed E-state index contributed by atoms with van der Waals surface area (Å²) in [5.41, 5.74) is 6.25. The fraction of sp³-hybridized carbons (Fsp3) is 0.474. The molecule has 2 aromatic carbocycles. The minimum absolute atomic E-state index is 0.0280. The number of amides is 2. The zero-order chi connectivity index (χ0) is 33.9. The molecule has 2 amide bonds. The van der Waals surface area contributed by atoms with E-state index in [-0.39, 0.29) is 47.8 Å². The molecule has 2 saturated heterocycles. The van der Waals surface area contributed by atoms with Gasteiger partial charge in [0, 0.05) is 13.1 Å². The number of nitrogens with zero attached hydrogens (tertiary/aromatic N) is 4. The number of likely N-dealkylation sites (tertiary alicyclic amines) is 2. The molecule has 10 nitrogen and oxygen atoms in total. The maximum atomic E-state index is 13.3. The number of hydrogen-bond acceptors (Lipinski definition) is 6. The molecule has 2 aliphatic rings. The van der Waals surface area contributed by atoms with E-state index < -0.39 is 0 Å². The molecule has 0 radical (unpaired) electrons. The fourth-order valence-electron chi connectivity index (χ4n) is 7.46. The third-order valence-electron chi connectivity index (χ3n) is 10.1. The average Bonchev–Trinajstić information content (AvgIpc) is 3.91. The summed E-state index contributed by atoms with van der Waals surface area (Å²) in [7, 11) is 3.71. The number of nitrogens with one attached hydrogen (secondary N) is 4. The van der Waals surface area contributed by atoms with E-state index in [1.54, 1.807) is 0 Å². The molecule has 4 atom stereocenters. The zero-order valence-corrected chi connectivity index (χ0v) is 29.1. The lowest BCUT2D eigenvalue weighted by Crippen LogP contribution is -2.47. The molecule has 0 bridgehead atoms. The first-order valence-electron chi connectivity index (χ1n) is 17.5. The van der Waals surface area contributed by atoms with Gasteiger partial charge >= 0.3 is 0 Å². The molecule has 4 aromatic rings. The van der Waals surface area contributed by atoms with E-state index in [2.05, 4.69) is 96.8 Å². The van der Waals surface area contributed by atoms with Crippen LogP contribution >= 0.6 is 0 Å². The summed E-state index contributed by atoms with van der Waals surface area (Å²) >= 11 is 0. The first-order valence-corrected chi connectivity index (χ1v) is 17.5. The SMILES string of the molecule is CNC(C(=O)N1CCC[C@H]1c1ncc(-c2ccc(-c3ccc(-c4cnc([C@@H]5CCCN5C(=O)C(NC)C(C)C)[nH]4)cc3)cc2)[nH]1)C(C)C. The summed E-state index contributed by atoms with van der Waals surface area (Å²) in [4.78, 5) is 47.0. The quantitative estimate of drug-likeness (QED) is 0.159. The van der Waals surface area contributed by atoms with E-state index in [1.165, 1.54) is 0 Å². The van der Waals surface area contributed by atoms with Crippen molar-refractivity contribution < 1.29 is 9.59 Å². The molecule has 0 aliphatic carbocycles. The lowest BCUT2D eigenvalue weighted by molar-refractivity contribution is -0.136. The Morgan fingerprint density at radius 1 is 0.646 bits per heavy atom. The van der Waals surface area contributed by atoms with E-state index in [0.717, 1.165) is 84.1 Å². The van der Waals surface area contributed by atoms with Crippen LogP contribution in [-0.4, -0.2) is 80.8 Å². The van der Waals surface area contributed by atoms with Gasteiger partial charge in [-0.25, -0.2) is 9.97 Å². The molecule has 6 rings (SSSR count). The largest absolute Gasteiger partial charge is 0.340 e. The molecule has 2 aliphatic heterocycles. The van der Waals surface area contributed by atoms with Crippen molar-refractivity contribution in [1.82, 2.24) is 40.4 Å². The summed E-state index contributed by atoms with van der Waals surface area (Å²) in [6.07, 6.45) is 7.53. The van der Waals surface area contributed by atoms with Crippen molar-refractivity contribution in [3.63, 3.8) is 0 Å². The molecule has 4 heterocycles. The molecule has 2 aromatic heterocycles. The topological polar surface area (TPSA) is 122 Å². The molecule has 254 valence electrons. The summed E-state index contributed by atoms with van der Waals surface area (Å²) < 4.78 is 0. The maximum absolute atomic E-state index is 13.3. The van der Waals surface area contributed by atoms with Crippen LogP contribution in [0.4, 0.5) is 0 Å². The standard InChI is InChI=1S/C38H50N8O2/c1-23(2)33(39-5)37(47)45-19-7-9-31(45)35-41-21-29(43-35)27-15-11-25(12-16-27)26-13-17-28(18-14-26)30-22-42-36(44-30)32-10-8-20-46(32)38(48)34(40-6)24(3)4/h11-18,21-24,31-34,39-40H,7-10,19-20H2,1-6H3,(H,41,43)(H,42,44)/t31-,32-,33?,34?/m0/s1. The minimum atomic E-state index is -0.195. The lowest BCUT2D eigenvalue weighted by atomic mass is 10.0. The Morgan fingerprint density at radius 2 is 1.00 bits per heavy atom. The Bertz CT molecular complexity index is 1560. The minimum Gasteiger partial charge on any atom is -0.340 e. The van der Waals surface area contributed by atoms with Crippen LogP contribution < -0.4 is 10.6 Å². The van der Waals surface area contributed by atoms with E-state index in [1.807, 2.05) is 36.3 Å². The predicted octanol–water partition coefficient (Wildman–Crippen LogP) is 5.95. The van der Waals surface area contributed by atoms with Crippen LogP contribution in [0.5, 0.6) is 0 Å². The maximum Gasteiger partial charge on any atom is 0.240 e. The van der Waals surface area contributed by atoms with Gasteiger partial charge in [-0.2, -0.15) is 0 Å². The number of H-pyrrole nitrogens is 2. The van der Waals surface area contributed by atoms with Gasteiger partial charge in [-0.05, 0) is 73.9 Å². The van der Waals surface area contributed by atoms with Crippen molar-refractivity contribution in [1.29, 1.82) is 0 Å². The van der Waals surface area contributed by atoms with Gasteiger partial charge in [-0.15, -0.1) is 0 Å². The van der Waals surface area contributed by atoms with Crippen LogP contribution in [-0.2, 0) is 9.59 Å². The van der Waals surface area contributed by atoms with E-state index in [4.69, 9.17) is 9.97 Å². The number of benzene rings is 2. The Morgan fingerprint density at radius 3 is 1.33 bits per heavy atom. The van der Waals surface area contributed by atoms with Gasteiger partial charge < -0.3 is 30.4 Å². The second-order valence-electron chi connectivity index (χ2n) is 13.9. The number of aromatic nitrogens is 4. The van der Waals surface area contributed by atoms with Gasteiger partial charge in [0.1, 0.15) is 11.6 Å². The van der Waals surface area contributed by atoms with Crippen molar-refractivity contribution in [3.05, 3.63) is 72.6 Å². The smallest absolute Gasteiger partial charge is 0.240 e. The summed E-state index contributed by atoms with van der Waals surface area (Å²) in [6, 6.07) is 16.5. The molecule has 10 heteroatoms. The summed E-state index contributed by atoms with van der Waals surface area (Å²) in [6.45, 7) is 9.82. The van der Waals surface area contributed by atoms with Crippen LogP contribution in [0.25, 0.3) is 33.6 Å². The number of rotatable bonds is 11. The van der Waals surface area contributed by atoms with E-state index in [9.17, 15) is 9.59 Å². The highest BCUT2D eigenvalue weighted by atomic mass is 16.2. The van der Waals surface area contributed by atoms with Crippen LogP contribution in [0.2, 0.25) is 0 Å². The molecule has 0 spiro atoms. The highest BCUT2D eigenvalue weighted by Crippen LogP contribution is 2.35. The summed E-state index contributed by atoms with van der Waals surface area (Å²) in [5, 5.41) is 6.39.